The molecule has 0 aliphatic carbocycles. The number of aliphatic carboxylic acids is 1. The molecule has 3 aromatic heterocycles. The van der Waals surface area contributed by atoms with E-state index in [1.807, 2.05) is 4.90 Å². The molecular weight excluding hydrogens is 480 g/mol. The lowest BCUT2D eigenvalue weighted by Crippen LogP contribution is -2.47. The summed E-state index contributed by atoms with van der Waals surface area (Å²) in [5.74, 6) is -0.296. The number of alkyl halides is 3. The Morgan fingerprint density at radius 1 is 1.00 bits per heavy atom. The van der Waals surface area contributed by atoms with Gasteiger partial charge >= 0.3 is 12.1 Å². The van der Waals surface area contributed by atoms with E-state index in [0.29, 0.717) is 54.5 Å². The first-order valence-corrected chi connectivity index (χ1v) is 11.1. The first-order chi connectivity index (χ1) is 17.2. The number of pyridine rings is 2. The Labute approximate surface area is 202 Å². The lowest BCUT2D eigenvalue weighted by molar-refractivity contribution is -0.138. The molecule has 0 atom stereocenters. The standard InChI is InChI=1S/C24H20F4N6O2/c25-17-9-14(10-21(35)36)12-30-23(17)34-7-5-33(6-8-34)20-4-1-15(13-29-20)22-31-18-3-2-16(24(26,27)28)11-19(18)32-22/h1-4,9,11-13H,5-8,10H2,(H,31,32)(H,35,36). The molecule has 1 aliphatic heterocycles. The quantitative estimate of drug-likeness (QED) is 0.398. The summed E-state index contributed by atoms with van der Waals surface area (Å²) in [5, 5.41) is 8.85. The van der Waals surface area contributed by atoms with Crippen LogP contribution >= 0.6 is 0 Å². The van der Waals surface area contributed by atoms with Gasteiger partial charge in [0.1, 0.15) is 11.6 Å². The number of anilines is 2. The van der Waals surface area contributed by atoms with E-state index in [1.54, 1.807) is 23.2 Å². The van der Waals surface area contributed by atoms with Gasteiger partial charge in [0, 0.05) is 44.1 Å². The van der Waals surface area contributed by atoms with Gasteiger partial charge < -0.3 is 19.9 Å². The number of hydrogen-bond acceptors (Lipinski definition) is 6. The zero-order chi connectivity index (χ0) is 25.4. The van der Waals surface area contributed by atoms with Gasteiger partial charge in [0.2, 0.25) is 0 Å². The Balaban J connectivity index is 1.25. The van der Waals surface area contributed by atoms with Crippen molar-refractivity contribution in [3.8, 4) is 11.4 Å². The number of nitrogens with zero attached hydrogens (tertiary/aromatic N) is 5. The number of aromatic amines is 1. The highest BCUT2D eigenvalue weighted by Gasteiger charge is 2.30. The van der Waals surface area contributed by atoms with E-state index in [4.69, 9.17) is 5.11 Å². The van der Waals surface area contributed by atoms with Crippen molar-refractivity contribution in [2.24, 2.45) is 0 Å². The number of carbonyl (C=O) groups is 1. The maximum atomic E-state index is 14.5. The maximum absolute atomic E-state index is 14.5. The number of halogens is 4. The van der Waals surface area contributed by atoms with E-state index in [1.165, 1.54) is 18.3 Å². The van der Waals surface area contributed by atoms with Crippen LogP contribution in [0.25, 0.3) is 22.4 Å². The van der Waals surface area contributed by atoms with Gasteiger partial charge in [0.25, 0.3) is 0 Å². The van der Waals surface area contributed by atoms with Crippen LogP contribution < -0.4 is 9.80 Å². The fourth-order valence-corrected chi connectivity index (χ4v) is 4.16. The minimum absolute atomic E-state index is 0.186. The maximum Gasteiger partial charge on any atom is 0.416 e. The summed E-state index contributed by atoms with van der Waals surface area (Å²) >= 11 is 0. The number of aromatic nitrogens is 4. The predicted octanol–water partition coefficient (Wildman–Crippen LogP) is 4.13. The molecule has 0 bridgehead atoms. The van der Waals surface area contributed by atoms with Crippen LogP contribution in [0, 0.1) is 5.82 Å². The Kier molecular flexibility index (Phi) is 5.94. The Morgan fingerprint density at radius 2 is 1.75 bits per heavy atom. The molecule has 1 fully saturated rings. The lowest BCUT2D eigenvalue weighted by Gasteiger charge is -2.36. The molecule has 0 amide bonds. The Morgan fingerprint density at radius 3 is 2.39 bits per heavy atom. The molecule has 5 rings (SSSR count). The van der Waals surface area contributed by atoms with Crippen LogP contribution in [0.2, 0.25) is 0 Å². The van der Waals surface area contributed by atoms with Crippen LogP contribution in [0.5, 0.6) is 0 Å². The second-order valence-electron chi connectivity index (χ2n) is 8.41. The van der Waals surface area contributed by atoms with Gasteiger partial charge in [0.05, 0.1) is 23.0 Å². The summed E-state index contributed by atoms with van der Waals surface area (Å²) in [6.45, 7) is 2.12. The van der Waals surface area contributed by atoms with Crippen LogP contribution in [-0.2, 0) is 17.4 Å². The number of benzene rings is 1. The van der Waals surface area contributed by atoms with E-state index < -0.39 is 23.5 Å². The lowest BCUT2D eigenvalue weighted by atomic mass is 10.2. The predicted molar refractivity (Wildman–Crippen MR) is 124 cm³/mol. The van der Waals surface area contributed by atoms with Gasteiger partial charge in [-0.15, -0.1) is 0 Å². The van der Waals surface area contributed by atoms with Crippen molar-refractivity contribution in [2.45, 2.75) is 12.6 Å². The highest BCUT2D eigenvalue weighted by atomic mass is 19.4. The van der Waals surface area contributed by atoms with Crippen molar-refractivity contribution in [3.63, 3.8) is 0 Å². The molecule has 12 heteroatoms. The second kappa shape index (κ2) is 9.10. The minimum atomic E-state index is -4.43. The molecular formula is C24H20F4N6O2. The molecule has 0 saturated carbocycles. The fourth-order valence-electron chi connectivity index (χ4n) is 4.16. The molecule has 1 saturated heterocycles. The molecule has 1 aliphatic rings. The van der Waals surface area contributed by atoms with Crippen molar-refractivity contribution in [1.82, 2.24) is 19.9 Å². The first-order valence-electron chi connectivity index (χ1n) is 11.1. The van der Waals surface area contributed by atoms with Gasteiger partial charge in [-0.3, -0.25) is 4.79 Å². The van der Waals surface area contributed by atoms with Crippen molar-refractivity contribution < 1.29 is 27.5 Å². The first kappa shape index (κ1) is 23.5. The summed E-state index contributed by atoms with van der Waals surface area (Å²) < 4.78 is 53.4. The number of carboxylic acid groups (broad SMARTS) is 1. The van der Waals surface area contributed by atoms with Crippen LogP contribution in [0.4, 0.5) is 29.2 Å². The van der Waals surface area contributed by atoms with Crippen LogP contribution in [-0.4, -0.2) is 57.2 Å². The van der Waals surface area contributed by atoms with Crippen molar-refractivity contribution in [3.05, 3.63) is 65.7 Å². The normalized spacial score (nSPS) is 14.4. The topological polar surface area (TPSA) is 98.2 Å². The van der Waals surface area contributed by atoms with Gasteiger partial charge in [0.15, 0.2) is 11.6 Å². The van der Waals surface area contributed by atoms with Gasteiger partial charge in [-0.1, -0.05) is 0 Å². The van der Waals surface area contributed by atoms with E-state index in [9.17, 15) is 22.4 Å². The number of hydrogen-bond donors (Lipinski definition) is 2. The zero-order valence-electron chi connectivity index (χ0n) is 18.8. The molecule has 36 heavy (non-hydrogen) atoms. The molecule has 186 valence electrons. The summed E-state index contributed by atoms with van der Waals surface area (Å²) in [4.78, 5) is 30.5. The third-order valence-corrected chi connectivity index (χ3v) is 5.97. The van der Waals surface area contributed by atoms with Crippen molar-refractivity contribution in [1.29, 1.82) is 0 Å². The Bertz CT molecular complexity index is 1410. The molecule has 2 N–H and O–H groups in total. The SMILES string of the molecule is O=C(O)Cc1cnc(N2CCN(c3ccc(-c4nc5ccc(C(F)(F)F)cc5[nH]4)cn3)CC2)c(F)c1. The molecule has 1 aromatic carbocycles. The zero-order valence-corrected chi connectivity index (χ0v) is 18.8. The van der Waals surface area contributed by atoms with E-state index in [-0.39, 0.29) is 17.8 Å². The van der Waals surface area contributed by atoms with E-state index in [2.05, 4.69) is 19.9 Å². The fraction of sp³-hybridized carbons (Fsp3) is 0.250. The summed E-state index contributed by atoms with van der Waals surface area (Å²) in [7, 11) is 0. The molecule has 0 unspecified atom stereocenters. The highest BCUT2D eigenvalue weighted by molar-refractivity contribution is 5.80. The minimum Gasteiger partial charge on any atom is -0.481 e. The summed E-state index contributed by atoms with van der Waals surface area (Å²) in [5.41, 5.74) is 0.905. The van der Waals surface area contributed by atoms with Gasteiger partial charge in [-0.25, -0.2) is 19.3 Å². The number of fused-ring (bicyclic) bond motifs is 1. The monoisotopic (exact) mass is 500 g/mol. The molecule has 8 nitrogen and oxygen atoms in total. The number of imidazole rings is 1. The number of nitrogens with one attached hydrogen (secondary N) is 1. The van der Waals surface area contributed by atoms with Gasteiger partial charge in [-0.05, 0) is 42.0 Å². The molecule has 4 heterocycles. The molecule has 0 spiro atoms. The van der Waals surface area contributed by atoms with Crippen LogP contribution in [0.1, 0.15) is 11.1 Å². The van der Waals surface area contributed by atoms with E-state index >= 15 is 0 Å². The van der Waals surface area contributed by atoms with Gasteiger partial charge in [-0.2, -0.15) is 13.2 Å². The average molecular weight is 500 g/mol. The molecule has 4 aromatic rings. The second-order valence-corrected chi connectivity index (χ2v) is 8.41. The number of H-pyrrole nitrogens is 1. The third-order valence-electron chi connectivity index (χ3n) is 5.97. The number of carboxylic acids is 1. The van der Waals surface area contributed by atoms with E-state index in [0.717, 1.165) is 12.1 Å². The van der Waals surface area contributed by atoms with Crippen molar-refractivity contribution in [2.75, 3.05) is 36.0 Å². The summed E-state index contributed by atoms with van der Waals surface area (Å²) in [6, 6.07) is 8.16. The Hall–Kier alpha value is -4.22. The summed E-state index contributed by atoms with van der Waals surface area (Å²) in [6.07, 6.45) is -1.74. The number of rotatable bonds is 5. The molecule has 0 radical (unpaired) electrons. The van der Waals surface area contributed by atoms with Crippen LogP contribution in [0.3, 0.4) is 0 Å². The van der Waals surface area contributed by atoms with Crippen LogP contribution in [0.15, 0.2) is 48.8 Å². The van der Waals surface area contributed by atoms with Crippen molar-refractivity contribution >= 4 is 28.6 Å². The average Bonchev–Trinajstić information content (AvgIpc) is 3.27. The highest BCUT2D eigenvalue weighted by Crippen LogP contribution is 2.32. The third kappa shape index (κ3) is 4.79. The number of piperazine rings is 1. The largest absolute Gasteiger partial charge is 0.481 e. The smallest absolute Gasteiger partial charge is 0.416 e.